The molecule has 0 aliphatic carbocycles. The minimum absolute atomic E-state index is 0.139. The summed E-state index contributed by atoms with van der Waals surface area (Å²) in [7, 11) is 0. The molecule has 0 saturated carbocycles. The molecule has 0 unspecified atom stereocenters. The highest BCUT2D eigenvalue weighted by Crippen LogP contribution is 2.28. The Morgan fingerprint density at radius 1 is 1.24 bits per heavy atom. The number of nitrogens with one attached hydrogen (secondary N) is 1. The monoisotopic (exact) mass is 437 g/mol. The van der Waals surface area contributed by atoms with E-state index >= 15 is 0 Å². The molecule has 0 atom stereocenters. The molecule has 0 aliphatic heterocycles. The average Bonchev–Trinajstić information content (AvgIpc) is 3.03. The van der Waals surface area contributed by atoms with Crippen molar-refractivity contribution in [3.8, 4) is 16.3 Å². The summed E-state index contributed by atoms with van der Waals surface area (Å²) in [5.41, 5.74) is 2.14. The van der Waals surface area contributed by atoms with Crippen LogP contribution in [0.3, 0.4) is 0 Å². The minimum atomic E-state index is -0.312. The maximum absolute atomic E-state index is 12.0. The van der Waals surface area contributed by atoms with Crippen LogP contribution in [0.15, 0.2) is 46.9 Å². The Hall–Kier alpha value is -1.96. The number of carbonyl (C=O) groups excluding carboxylic acids is 1. The van der Waals surface area contributed by atoms with Crippen molar-refractivity contribution in [1.29, 1.82) is 0 Å². The number of amides is 1. The number of hydrogen-bond donors (Lipinski definition) is 1. The first-order valence-corrected chi connectivity index (χ1v) is 9.28. The molecule has 25 heavy (non-hydrogen) atoms. The third-order valence-electron chi connectivity index (χ3n) is 3.22. The second-order valence-electron chi connectivity index (χ2n) is 5.19. The maximum atomic E-state index is 12.0. The van der Waals surface area contributed by atoms with Crippen molar-refractivity contribution in [3.05, 3.63) is 57.5 Å². The van der Waals surface area contributed by atoms with Crippen molar-refractivity contribution < 1.29 is 9.53 Å². The molecule has 0 bridgehead atoms. The van der Waals surface area contributed by atoms with E-state index in [0.29, 0.717) is 20.4 Å². The van der Waals surface area contributed by atoms with Crippen molar-refractivity contribution in [2.45, 2.75) is 6.92 Å². The number of hydrogen-bond acceptors (Lipinski definition) is 5. The fourth-order valence-electron chi connectivity index (χ4n) is 1.98. The van der Waals surface area contributed by atoms with Gasteiger partial charge in [0.1, 0.15) is 10.8 Å². The van der Waals surface area contributed by atoms with Crippen molar-refractivity contribution in [3.63, 3.8) is 0 Å². The largest absolute Gasteiger partial charge is 0.483 e. The molecule has 0 saturated heterocycles. The Labute approximate surface area is 162 Å². The summed E-state index contributed by atoms with van der Waals surface area (Å²) in [6.07, 6.45) is 0. The molecule has 1 heterocycles. The molecular weight excluding hydrogens is 426 g/mol. The molecule has 8 heteroatoms. The van der Waals surface area contributed by atoms with Gasteiger partial charge in [0.15, 0.2) is 6.61 Å². The Morgan fingerprint density at radius 3 is 2.72 bits per heavy atom. The van der Waals surface area contributed by atoms with Crippen LogP contribution in [0, 0.1) is 6.92 Å². The number of benzene rings is 2. The molecular formula is C17H13BrClN3O2S. The van der Waals surface area contributed by atoms with Crippen LogP contribution < -0.4 is 10.1 Å². The summed E-state index contributed by atoms with van der Waals surface area (Å²) in [6, 6.07) is 13.1. The maximum Gasteiger partial charge on any atom is 0.264 e. The van der Waals surface area contributed by atoms with Crippen LogP contribution in [0.1, 0.15) is 5.56 Å². The van der Waals surface area contributed by atoms with Gasteiger partial charge in [0.05, 0.1) is 4.47 Å². The van der Waals surface area contributed by atoms with Gasteiger partial charge in [-0.15, -0.1) is 10.2 Å². The summed E-state index contributed by atoms with van der Waals surface area (Å²) < 4.78 is 6.15. The number of halogens is 2. The van der Waals surface area contributed by atoms with E-state index in [2.05, 4.69) is 31.4 Å². The zero-order valence-corrected chi connectivity index (χ0v) is 16.3. The van der Waals surface area contributed by atoms with Crippen molar-refractivity contribution in [2.24, 2.45) is 0 Å². The standard InChI is InChI=1S/C17H13BrClN3O2S/c1-10-2-4-11(5-3-10)16-21-22-17(25-16)20-15(23)9-24-14-7-6-12(19)8-13(14)18/h2-8H,9H2,1H3,(H,20,22,23). The van der Waals surface area contributed by atoms with E-state index in [4.69, 9.17) is 16.3 Å². The van der Waals surface area contributed by atoms with Crippen LogP contribution in [-0.4, -0.2) is 22.7 Å². The molecule has 0 radical (unpaired) electrons. The number of rotatable bonds is 5. The lowest BCUT2D eigenvalue weighted by Gasteiger charge is -2.07. The van der Waals surface area contributed by atoms with E-state index in [1.165, 1.54) is 16.9 Å². The van der Waals surface area contributed by atoms with Crippen LogP contribution in [0.5, 0.6) is 5.75 Å². The lowest BCUT2D eigenvalue weighted by molar-refractivity contribution is -0.118. The highest BCUT2D eigenvalue weighted by Gasteiger charge is 2.11. The second kappa shape index (κ2) is 7.95. The smallest absolute Gasteiger partial charge is 0.264 e. The van der Waals surface area contributed by atoms with Crippen LogP contribution in [0.4, 0.5) is 5.13 Å². The van der Waals surface area contributed by atoms with Gasteiger partial charge >= 0.3 is 0 Å². The molecule has 3 rings (SSSR count). The molecule has 5 nitrogen and oxygen atoms in total. The Balaban J connectivity index is 1.59. The molecule has 1 amide bonds. The Kier molecular flexibility index (Phi) is 5.67. The van der Waals surface area contributed by atoms with Crippen LogP contribution >= 0.6 is 38.9 Å². The molecule has 3 aromatic rings. The highest BCUT2D eigenvalue weighted by molar-refractivity contribution is 9.10. The number of anilines is 1. The Morgan fingerprint density at radius 2 is 2.00 bits per heavy atom. The van der Waals surface area contributed by atoms with E-state index in [0.717, 1.165) is 10.6 Å². The summed E-state index contributed by atoms with van der Waals surface area (Å²) in [5.74, 6) is 0.227. The number of aromatic nitrogens is 2. The first-order chi connectivity index (χ1) is 12.0. The molecule has 128 valence electrons. The SMILES string of the molecule is Cc1ccc(-c2nnc(NC(=O)COc3ccc(Cl)cc3Br)s2)cc1. The fraction of sp³-hybridized carbons (Fsp3) is 0.118. The first-order valence-electron chi connectivity index (χ1n) is 7.29. The summed E-state index contributed by atoms with van der Waals surface area (Å²) in [6.45, 7) is 1.88. The van der Waals surface area contributed by atoms with Crippen molar-refractivity contribution in [2.75, 3.05) is 11.9 Å². The summed E-state index contributed by atoms with van der Waals surface area (Å²) in [5, 5.41) is 12.5. The van der Waals surface area contributed by atoms with E-state index in [9.17, 15) is 4.79 Å². The van der Waals surface area contributed by atoms with Crippen molar-refractivity contribution >= 4 is 49.9 Å². The van der Waals surface area contributed by atoms with Crippen LogP contribution in [0.25, 0.3) is 10.6 Å². The molecule has 2 aromatic carbocycles. The Bertz CT molecular complexity index is 899. The van der Waals surface area contributed by atoms with Gasteiger partial charge in [-0.2, -0.15) is 0 Å². The van der Waals surface area contributed by atoms with E-state index in [1.807, 2.05) is 31.2 Å². The highest BCUT2D eigenvalue weighted by atomic mass is 79.9. The van der Waals surface area contributed by atoms with Gasteiger partial charge in [-0.3, -0.25) is 10.1 Å². The zero-order chi connectivity index (χ0) is 17.8. The van der Waals surface area contributed by atoms with Gasteiger partial charge < -0.3 is 4.74 Å². The van der Waals surface area contributed by atoms with E-state index in [-0.39, 0.29) is 12.5 Å². The molecule has 1 N–H and O–H groups in total. The van der Waals surface area contributed by atoms with Gasteiger partial charge in [-0.25, -0.2) is 0 Å². The second-order valence-corrected chi connectivity index (χ2v) is 7.46. The van der Waals surface area contributed by atoms with Gasteiger partial charge in [0, 0.05) is 10.6 Å². The van der Waals surface area contributed by atoms with Gasteiger partial charge in [0.25, 0.3) is 5.91 Å². The molecule has 0 spiro atoms. The van der Waals surface area contributed by atoms with Gasteiger partial charge in [-0.05, 0) is 41.1 Å². The topological polar surface area (TPSA) is 64.1 Å². The minimum Gasteiger partial charge on any atom is -0.483 e. The van der Waals surface area contributed by atoms with Crippen molar-refractivity contribution in [1.82, 2.24) is 10.2 Å². The first kappa shape index (κ1) is 17.8. The number of ether oxygens (including phenoxy) is 1. The quantitative estimate of drug-likeness (QED) is 0.612. The number of aryl methyl sites for hydroxylation is 1. The van der Waals surface area contributed by atoms with Crippen LogP contribution in [-0.2, 0) is 4.79 Å². The predicted octanol–water partition coefficient (Wildman–Crippen LogP) is 4.95. The third-order valence-corrected chi connectivity index (χ3v) is 4.97. The molecule has 0 aliphatic rings. The summed E-state index contributed by atoms with van der Waals surface area (Å²) >= 11 is 10.5. The molecule has 1 aromatic heterocycles. The molecule has 0 fully saturated rings. The third kappa shape index (κ3) is 4.78. The van der Waals surface area contributed by atoms with E-state index in [1.54, 1.807) is 18.2 Å². The summed E-state index contributed by atoms with van der Waals surface area (Å²) in [4.78, 5) is 12.0. The normalized spacial score (nSPS) is 10.5. The lowest BCUT2D eigenvalue weighted by atomic mass is 10.2. The van der Waals surface area contributed by atoms with Gasteiger partial charge in [-0.1, -0.05) is 52.8 Å². The fourth-order valence-corrected chi connectivity index (χ4v) is 3.54. The lowest BCUT2D eigenvalue weighted by Crippen LogP contribution is -2.20. The van der Waals surface area contributed by atoms with Crippen LogP contribution in [0.2, 0.25) is 5.02 Å². The van der Waals surface area contributed by atoms with Gasteiger partial charge in [0.2, 0.25) is 5.13 Å². The predicted molar refractivity (Wildman–Crippen MR) is 103 cm³/mol. The average molecular weight is 439 g/mol. The van der Waals surface area contributed by atoms with E-state index < -0.39 is 0 Å². The number of carbonyl (C=O) groups is 1. The number of nitrogens with zero attached hydrogens (tertiary/aromatic N) is 2. The zero-order valence-electron chi connectivity index (χ0n) is 13.1.